The van der Waals surface area contributed by atoms with Crippen LogP contribution in [-0.2, 0) is 66.7 Å². The number of phosphoric ester groups is 1. The molecule has 0 bridgehead atoms. The molecule has 19 heteroatoms. The lowest BCUT2D eigenvalue weighted by atomic mass is 9.89. The first-order valence-corrected chi connectivity index (χ1v) is 22.9. The van der Waals surface area contributed by atoms with E-state index in [1.807, 2.05) is 36.6 Å². The first-order valence-electron chi connectivity index (χ1n) is 21.3. The van der Waals surface area contributed by atoms with Crippen LogP contribution in [-0.4, -0.2) is 129 Å². The van der Waals surface area contributed by atoms with Crippen LogP contribution in [0.1, 0.15) is 90.3 Å². The van der Waals surface area contributed by atoms with Crippen molar-refractivity contribution in [1.82, 2.24) is 25.1 Å². The Morgan fingerprint density at radius 1 is 0.952 bits per heavy atom. The van der Waals surface area contributed by atoms with Crippen molar-refractivity contribution in [2.24, 2.45) is 17.8 Å². The Balaban J connectivity index is 1.83. The van der Waals surface area contributed by atoms with Gasteiger partial charge in [0.25, 0.3) is 0 Å². The zero-order chi connectivity index (χ0) is 45.8. The third kappa shape index (κ3) is 17.9. The summed E-state index contributed by atoms with van der Waals surface area (Å²) in [6.07, 6.45) is 4.78. The van der Waals surface area contributed by atoms with Gasteiger partial charge in [-0.05, 0) is 63.9 Å². The third-order valence-electron chi connectivity index (χ3n) is 10.9. The summed E-state index contributed by atoms with van der Waals surface area (Å²) >= 11 is 0. The third-order valence-corrected chi connectivity index (χ3v) is 11.5. The van der Waals surface area contributed by atoms with Gasteiger partial charge in [-0.15, -0.1) is 0 Å². The molecule has 1 aliphatic rings. The number of methoxy groups -OCH3 is 1. The fourth-order valence-corrected chi connectivity index (χ4v) is 8.15. The summed E-state index contributed by atoms with van der Waals surface area (Å²) in [7, 11) is -3.47. The number of ether oxygens (including phenoxy) is 2. The number of nitrogens with zero attached hydrogens (tertiary/aromatic N) is 3. The minimum Gasteiger partial charge on any atom is -0.394 e. The molecule has 0 aliphatic carbocycles. The highest BCUT2D eigenvalue weighted by Gasteiger charge is 2.38. The van der Waals surface area contributed by atoms with E-state index in [0.717, 1.165) is 26.2 Å². The van der Waals surface area contributed by atoms with Gasteiger partial charge in [0.2, 0.25) is 17.7 Å². The van der Waals surface area contributed by atoms with E-state index in [1.165, 1.54) is 17.4 Å². The first kappa shape index (κ1) is 52.2. The molecule has 3 amide bonds. The van der Waals surface area contributed by atoms with Gasteiger partial charge >= 0.3 is 7.82 Å². The smallest absolute Gasteiger partial charge is 0.394 e. The molecule has 346 valence electrons. The fraction of sp³-hybridized carbons (Fsp3) is 0.651. The number of carbonyl (C=O) groups excluding carboxylic acids is 6. The molecule has 6 atom stereocenters. The molecule has 3 rings (SSSR count). The van der Waals surface area contributed by atoms with E-state index >= 15 is 0 Å². The molecular weight excluding hydrogens is 825 g/mol. The number of nitrogens with one attached hydrogen (secondary N) is 2. The topological polar surface area (TPSA) is 253 Å². The summed E-state index contributed by atoms with van der Waals surface area (Å²) in [6.45, 7) is 7.11. The van der Waals surface area contributed by atoms with Crippen molar-refractivity contribution in [3.63, 3.8) is 0 Å². The van der Waals surface area contributed by atoms with Gasteiger partial charge in [-0.3, -0.25) is 33.3 Å². The largest absolute Gasteiger partial charge is 0.469 e. The number of hydrogen-bond acceptors (Lipinski definition) is 12. The summed E-state index contributed by atoms with van der Waals surface area (Å²) in [6, 6.07) is 6.71. The molecule has 0 spiro atoms. The van der Waals surface area contributed by atoms with Crippen molar-refractivity contribution in [2.75, 3.05) is 40.1 Å². The number of carbonyl (C=O) groups is 6. The summed E-state index contributed by atoms with van der Waals surface area (Å²) in [5.41, 5.74) is 1.85. The van der Waals surface area contributed by atoms with Gasteiger partial charge in [0.05, 0.1) is 63.2 Å². The maximum atomic E-state index is 14.3. The molecular formula is C43H66N5O13P. The van der Waals surface area contributed by atoms with Crippen LogP contribution in [0.2, 0.25) is 0 Å². The van der Waals surface area contributed by atoms with Crippen LogP contribution in [0.3, 0.4) is 0 Å². The number of amides is 3. The quantitative estimate of drug-likeness (QED) is 0.0559. The Kier molecular flexibility index (Phi) is 22.3. The molecule has 1 aromatic heterocycles. The van der Waals surface area contributed by atoms with Gasteiger partial charge in [-0.25, -0.2) is 9.55 Å². The van der Waals surface area contributed by atoms with Crippen LogP contribution in [0.5, 0.6) is 0 Å². The summed E-state index contributed by atoms with van der Waals surface area (Å²) in [4.78, 5) is 106. The fourth-order valence-electron chi connectivity index (χ4n) is 7.57. The number of aromatic nitrogens is 2. The van der Waals surface area contributed by atoms with E-state index < -0.39 is 86.1 Å². The maximum absolute atomic E-state index is 14.3. The molecule has 1 aliphatic heterocycles. The molecule has 1 saturated heterocycles. The second-order valence-corrected chi connectivity index (χ2v) is 17.5. The molecule has 2 aromatic rings. The standard InChI is InChI=1S/C43H66N5O13P/c1-29(2)22-36(45-43(55)38-15-11-18-48(38)41(53)16-19-60-21-20-59-5)39(51)24-33(23-34-26-44-28-47(34)17-10-9-14-32-12-7-6-8-13-32)42(54)46-37(27-49)40(52)25-35(30(3)50)31(4)61-62(56,57)58/h6-8,12-13,26,28-29,31,33,35-38,49H,9-11,14-25,27H2,1-5H3,(H,45,55)(H,46,54)(H2,56,57,58)/t31-,33-,35-,36+,37+,38+/m1/s1. The second-order valence-electron chi connectivity index (χ2n) is 16.3. The molecule has 0 unspecified atom stereocenters. The van der Waals surface area contributed by atoms with E-state index in [2.05, 4.69) is 32.3 Å². The molecule has 5 N–H and O–H groups in total. The monoisotopic (exact) mass is 891 g/mol. The number of aliphatic hydroxyl groups is 1. The van der Waals surface area contributed by atoms with Crippen molar-refractivity contribution in [1.29, 1.82) is 0 Å². The van der Waals surface area contributed by atoms with Crippen molar-refractivity contribution in [3.05, 3.63) is 54.1 Å². The SMILES string of the molecule is COCCOCCC(=O)N1CCC[C@H]1C(=O)N[C@@H](CC(C)C)C(=O)C[C@@H](Cc1cncn1CCCCc1ccccc1)C(=O)N[C@@H](CO)C(=O)C[C@H](C(C)=O)[C@@H](C)OP(=O)(O)O. The molecule has 62 heavy (non-hydrogen) atoms. The average molecular weight is 892 g/mol. The lowest BCUT2D eigenvalue weighted by molar-refractivity contribution is -0.140. The normalized spacial score (nSPS) is 16.7. The highest BCUT2D eigenvalue weighted by Crippen LogP contribution is 2.39. The van der Waals surface area contributed by atoms with E-state index in [9.17, 15) is 48.2 Å². The van der Waals surface area contributed by atoms with E-state index in [1.54, 1.807) is 19.6 Å². The zero-order valence-corrected chi connectivity index (χ0v) is 37.5. The average Bonchev–Trinajstić information content (AvgIpc) is 3.89. The highest BCUT2D eigenvalue weighted by atomic mass is 31.2. The van der Waals surface area contributed by atoms with Gasteiger partial charge < -0.3 is 44.5 Å². The van der Waals surface area contributed by atoms with Gasteiger partial charge in [0, 0.05) is 51.4 Å². The minimum atomic E-state index is -5.02. The van der Waals surface area contributed by atoms with Crippen LogP contribution in [0.15, 0.2) is 42.9 Å². The number of hydrogen-bond donors (Lipinski definition) is 5. The number of benzene rings is 1. The van der Waals surface area contributed by atoms with E-state index in [4.69, 9.17) is 9.47 Å². The van der Waals surface area contributed by atoms with Gasteiger partial charge in [-0.2, -0.15) is 0 Å². The van der Waals surface area contributed by atoms with E-state index in [-0.39, 0.29) is 44.1 Å². The molecule has 0 saturated carbocycles. The van der Waals surface area contributed by atoms with Crippen LogP contribution < -0.4 is 10.6 Å². The number of phosphoric acid groups is 1. The van der Waals surface area contributed by atoms with Crippen LogP contribution in [0, 0.1) is 17.8 Å². The Labute approximate surface area is 364 Å². The second kappa shape index (κ2) is 26.5. The molecule has 18 nitrogen and oxygen atoms in total. The summed E-state index contributed by atoms with van der Waals surface area (Å²) < 4.78 is 28.4. The predicted octanol–water partition coefficient (Wildman–Crippen LogP) is 2.74. The van der Waals surface area contributed by atoms with Gasteiger partial charge in [-0.1, -0.05) is 44.2 Å². The molecule has 1 aromatic carbocycles. The van der Waals surface area contributed by atoms with Crippen molar-refractivity contribution < 1.29 is 62.2 Å². The maximum Gasteiger partial charge on any atom is 0.469 e. The summed E-state index contributed by atoms with van der Waals surface area (Å²) in [5.74, 6) is -5.78. The van der Waals surface area contributed by atoms with E-state index in [0.29, 0.717) is 44.8 Å². The number of aliphatic hydroxyl groups excluding tert-OH is 1. The first-order chi connectivity index (χ1) is 29.4. The van der Waals surface area contributed by atoms with Gasteiger partial charge in [0.1, 0.15) is 17.9 Å². The Morgan fingerprint density at radius 3 is 2.31 bits per heavy atom. The number of imidazole rings is 1. The van der Waals surface area contributed by atoms with Crippen LogP contribution in [0.25, 0.3) is 0 Å². The summed E-state index contributed by atoms with van der Waals surface area (Å²) in [5, 5.41) is 15.7. The Morgan fingerprint density at radius 2 is 1.66 bits per heavy atom. The highest BCUT2D eigenvalue weighted by molar-refractivity contribution is 7.46. The van der Waals surface area contributed by atoms with Crippen molar-refractivity contribution >= 4 is 42.9 Å². The van der Waals surface area contributed by atoms with Crippen LogP contribution >= 0.6 is 7.82 Å². The Bertz CT molecular complexity index is 1800. The van der Waals surface area contributed by atoms with Crippen LogP contribution in [0.4, 0.5) is 0 Å². The lowest BCUT2D eigenvalue weighted by Crippen LogP contribution is -2.52. The van der Waals surface area contributed by atoms with Crippen molar-refractivity contribution in [3.8, 4) is 0 Å². The number of rotatable bonds is 30. The number of aryl methyl sites for hydroxylation is 2. The number of Topliss-reactive ketones (excluding diaryl/α,β-unsaturated/α-hetero) is 3. The minimum absolute atomic E-state index is 0.00549. The number of unbranched alkanes of at least 4 members (excludes halogenated alkanes) is 1. The number of likely N-dealkylation sites (tertiary alicyclic amines) is 1. The molecule has 0 radical (unpaired) electrons. The molecule has 1 fully saturated rings. The van der Waals surface area contributed by atoms with Crippen molar-refractivity contribution in [2.45, 2.75) is 123 Å². The number of ketones is 3. The zero-order valence-electron chi connectivity index (χ0n) is 36.6. The lowest BCUT2D eigenvalue weighted by Gasteiger charge is -2.28. The molecule has 2 heterocycles. The Hall–Kier alpha value is -4.16. The van der Waals surface area contributed by atoms with Gasteiger partial charge in [0.15, 0.2) is 11.6 Å². The predicted molar refractivity (Wildman–Crippen MR) is 227 cm³/mol.